The van der Waals surface area contributed by atoms with E-state index in [1.54, 1.807) is 6.33 Å². The van der Waals surface area contributed by atoms with Crippen LogP contribution in [0.15, 0.2) is 18.7 Å². The monoisotopic (exact) mass is 255 g/mol. The van der Waals surface area contributed by atoms with Gasteiger partial charge in [0.05, 0.1) is 6.33 Å². The van der Waals surface area contributed by atoms with Gasteiger partial charge in [0.1, 0.15) is 6.33 Å². The second-order valence-corrected chi connectivity index (χ2v) is 4.50. The van der Waals surface area contributed by atoms with Crippen LogP contribution in [0.5, 0.6) is 0 Å². The van der Waals surface area contributed by atoms with Crippen molar-refractivity contribution in [2.75, 3.05) is 0 Å². The van der Waals surface area contributed by atoms with Crippen molar-refractivity contribution in [3.63, 3.8) is 0 Å². The van der Waals surface area contributed by atoms with E-state index in [1.165, 1.54) is 6.33 Å². The molecule has 6 nitrogen and oxygen atoms in total. The molecule has 0 atom stereocenters. The Balaban J connectivity index is 2.36. The van der Waals surface area contributed by atoms with Gasteiger partial charge >= 0.3 is 0 Å². The number of imidazole rings is 1. The molecule has 3 aromatic rings. The molecule has 0 radical (unpaired) electrons. The van der Waals surface area contributed by atoms with E-state index in [0.717, 1.165) is 28.8 Å². The van der Waals surface area contributed by atoms with Crippen LogP contribution in [-0.4, -0.2) is 30.4 Å². The molecular weight excluding hydrogens is 242 g/mol. The molecule has 0 amide bonds. The Bertz CT molecular complexity index is 784. The summed E-state index contributed by atoms with van der Waals surface area (Å²) in [5.41, 5.74) is 3.97. The quantitative estimate of drug-likeness (QED) is 0.652. The summed E-state index contributed by atoms with van der Waals surface area (Å²) in [7, 11) is 1.89. The third kappa shape index (κ3) is 1.56. The van der Waals surface area contributed by atoms with Crippen molar-refractivity contribution >= 4 is 17.5 Å². The minimum atomic E-state index is 0.667. The van der Waals surface area contributed by atoms with E-state index in [2.05, 4.69) is 15.0 Å². The van der Waals surface area contributed by atoms with Crippen molar-refractivity contribution in [3.05, 3.63) is 35.7 Å². The fourth-order valence-corrected chi connectivity index (χ4v) is 2.33. The van der Waals surface area contributed by atoms with E-state index in [9.17, 15) is 4.79 Å². The van der Waals surface area contributed by atoms with Gasteiger partial charge in [-0.15, -0.1) is 0 Å². The number of carbonyl (C=O) groups excluding carboxylic acids is 1. The van der Waals surface area contributed by atoms with Gasteiger partial charge in [0.25, 0.3) is 0 Å². The second-order valence-electron chi connectivity index (χ2n) is 4.50. The number of hydrogen-bond acceptors (Lipinski definition) is 4. The second kappa shape index (κ2) is 4.01. The highest BCUT2D eigenvalue weighted by Gasteiger charge is 2.15. The zero-order valence-corrected chi connectivity index (χ0v) is 11.0. The molecule has 3 aromatic heterocycles. The number of aromatic nitrogens is 5. The van der Waals surface area contributed by atoms with Crippen molar-refractivity contribution in [3.8, 4) is 5.82 Å². The minimum Gasteiger partial charge on any atom is -0.318 e. The Hall–Kier alpha value is -2.50. The molecule has 0 saturated heterocycles. The lowest BCUT2D eigenvalue weighted by Gasteiger charge is -2.08. The molecule has 0 aliphatic heterocycles. The van der Waals surface area contributed by atoms with Gasteiger partial charge in [0.15, 0.2) is 23.3 Å². The standard InChI is InChI=1S/C13H13N5O/c1-8-4-10(5-19)9(2)18(8)13-11-12(14-6-15-13)17(3)7-16-11/h4-7H,1-3H3. The summed E-state index contributed by atoms with van der Waals surface area (Å²) < 4.78 is 3.77. The van der Waals surface area contributed by atoms with E-state index >= 15 is 0 Å². The number of nitrogens with zero attached hydrogens (tertiary/aromatic N) is 5. The highest BCUT2D eigenvalue weighted by Crippen LogP contribution is 2.22. The Labute approximate surface area is 109 Å². The van der Waals surface area contributed by atoms with Gasteiger partial charge in [-0.3, -0.25) is 4.79 Å². The lowest BCUT2D eigenvalue weighted by atomic mass is 10.3. The lowest BCUT2D eigenvalue weighted by Crippen LogP contribution is -2.04. The maximum atomic E-state index is 11.0. The molecule has 0 aliphatic carbocycles. The van der Waals surface area contributed by atoms with E-state index < -0.39 is 0 Å². The normalized spacial score (nSPS) is 11.1. The van der Waals surface area contributed by atoms with Crippen molar-refractivity contribution < 1.29 is 4.79 Å². The number of aldehydes is 1. The van der Waals surface area contributed by atoms with Crippen LogP contribution in [0.3, 0.4) is 0 Å². The van der Waals surface area contributed by atoms with Gasteiger partial charge < -0.3 is 9.13 Å². The molecule has 6 heteroatoms. The summed E-state index contributed by atoms with van der Waals surface area (Å²) in [5.74, 6) is 0.703. The zero-order chi connectivity index (χ0) is 13.6. The predicted molar refractivity (Wildman–Crippen MR) is 70.5 cm³/mol. The first-order valence-corrected chi connectivity index (χ1v) is 5.90. The fraction of sp³-hybridized carbons (Fsp3) is 0.231. The molecule has 0 fully saturated rings. The molecule has 0 N–H and O–H groups in total. The van der Waals surface area contributed by atoms with Crippen molar-refractivity contribution in [2.45, 2.75) is 13.8 Å². The van der Waals surface area contributed by atoms with Crippen LogP contribution in [-0.2, 0) is 7.05 Å². The molecule has 96 valence electrons. The number of carbonyl (C=O) groups is 1. The highest BCUT2D eigenvalue weighted by atomic mass is 16.1. The van der Waals surface area contributed by atoms with Crippen molar-refractivity contribution in [1.82, 2.24) is 24.1 Å². The topological polar surface area (TPSA) is 65.6 Å². The van der Waals surface area contributed by atoms with Crippen LogP contribution in [0.4, 0.5) is 0 Å². The van der Waals surface area contributed by atoms with E-state index in [1.807, 2.05) is 36.1 Å². The van der Waals surface area contributed by atoms with Crippen LogP contribution < -0.4 is 0 Å². The minimum absolute atomic E-state index is 0.667. The average molecular weight is 255 g/mol. The molecule has 0 unspecified atom stereocenters. The van der Waals surface area contributed by atoms with Gasteiger partial charge in [-0.2, -0.15) is 0 Å². The summed E-state index contributed by atoms with van der Waals surface area (Å²) in [5, 5.41) is 0. The molecular formula is C13H13N5O. The Morgan fingerprint density at radius 2 is 2.00 bits per heavy atom. The number of aryl methyl sites for hydroxylation is 2. The number of rotatable bonds is 2. The first kappa shape index (κ1) is 11.6. The van der Waals surface area contributed by atoms with Gasteiger partial charge in [-0.05, 0) is 19.9 Å². The molecule has 0 aliphatic rings. The Morgan fingerprint density at radius 1 is 1.21 bits per heavy atom. The SMILES string of the molecule is Cc1cc(C=O)c(C)n1-c1ncnc2c1ncn2C. The number of hydrogen-bond donors (Lipinski definition) is 0. The Kier molecular flexibility index (Phi) is 2.45. The Morgan fingerprint density at radius 3 is 2.68 bits per heavy atom. The molecule has 0 aromatic carbocycles. The molecule has 0 spiro atoms. The highest BCUT2D eigenvalue weighted by molar-refractivity contribution is 5.81. The van der Waals surface area contributed by atoms with E-state index in [0.29, 0.717) is 11.4 Å². The van der Waals surface area contributed by atoms with Gasteiger partial charge in [-0.1, -0.05) is 0 Å². The van der Waals surface area contributed by atoms with Crippen LogP contribution >= 0.6 is 0 Å². The van der Waals surface area contributed by atoms with Crippen LogP contribution in [0.1, 0.15) is 21.7 Å². The van der Waals surface area contributed by atoms with Gasteiger partial charge in [0.2, 0.25) is 0 Å². The summed E-state index contributed by atoms with van der Waals surface area (Å²) in [6, 6.07) is 1.85. The van der Waals surface area contributed by atoms with Crippen LogP contribution in [0.2, 0.25) is 0 Å². The third-order valence-corrected chi connectivity index (χ3v) is 3.29. The smallest absolute Gasteiger partial charge is 0.168 e. The fourth-order valence-electron chi connectivity index (χ4n) is 2.33. The first-order valence-electron chi connectivity index (χ1n) is 5.90. The largest absolute Gasteiger partial charge is 0.318 e. The lowest BCUT2D eigenvalue weighted by molar-refractivity contribution is 0.112. The summed E-state index contributed by atoms with van der Waals surface area (Å²) in [4.78, 5) is 23.9. The zero-order valence-electron chi connectivity index (χ0n) is 11.0. The maximum Gasteiger partial charge on any atom is 0.168 e. The molecule has 0 bridgehead atoms. The predicted octanol–water partition coefficient (Wildman–Crippen LogP) is 1.58. The molecule has 0 saturated carbocycles. The summed E-state index contributed by atoms with van der Waals surface area (Å²) in [6.45, 7) is 3.84. The van der Waals surface area contributed by atoms with Crippen LogP contribution in [0, 0.1) is 13.8 Å². The number of fused-ring (bicyclic) bond motifs is 1. The molecule has 3 rings (SSSR count). The van der Waals surface area contributed by atoms with E-state index in [-0.39, 0.29) is 0 Å². The van der Waals surface area contributed by atoms with Crippen molar-refractivity contribution in [2.24, 2.45) is 7.05 Å². The average Bonchev–Trinajstić information content (AvgIpc) is 2.91. The van der Waals surface area contributed by atoms with E-state index in [4.69, 9.17) is 0 Å². The van der Waals surface area contributed by atoms with Gasteiger partial charge in [0, 0.05) is 24.0 Å². The van der Waals surface area contributed by atoms with Crippen molar-refractivity contribution in [1.29, 1.82) is 0 Å². The maximum absolute atomic E-state index is 11.0. The van der Waals surface area contributed by atoms with Crippen LogP contribution in [0.25, 0.3) is 17.0 Å². The summed E-state index contributed by atoms with van der Waals surface area (Å²) in [6.07, 6.45) is 4.08. The molecule has 19 heavy (non-hydrogen) atoms. The third-order valence-electron chi connectivity index (χ3n) is 3.29. The molecule has 3 heterocycles. The van der Waals surface area contributed by atoms with Gasteiger partial charge in [-0.25, -0.2) is 15.0 Å². The summed E-state index contributed by atoms with van der Waals surface area (Å²) >= 11 is 0. The first-order chi connectivity index (χ1) is 9.13.